The summed E-state index contributed by atoms with van der Waals surface area (Å²) in [6.07, 6.45) is -4.45. The van der Waals surface area contributed by atoms with Crippen LogP contribution in [0.2, 0.25) is 5.15 Å². The van der Waals surface area contributed by atoms with Gasteiger partial charge >= 0.3 is 6.18 Å². The van der Waals surface area contributed by atoms with Crippen LogP contribution in [-0.4, -0.2) is 9.38 Å². The second-order valence-electron chi connectivity index (χ2n) is 4.66. The Morgan fingerprint density at radius 1 is 1.05 bits per heavy atom. The predicted molar refractivity (Wildman–Crippen MR) is 75.4 cm³/mol. The van der Waals surface area contributed by atoms with Gasteiger partial charge in [0.05, 0.1) is 11.1 Å². The van der Waals surface area contributed by atoms with E-state index in [2.05, 4.69) is 4.98 Å². The topological polar surface area (TPSA) is 17.3 Å². The molecule has 1 aromatic carbocycles. The molecule has 2 aromatic heterocycles. The summed E-state index contributed by atoms with van der Waals surface area (Å²) in [5.41, 5.74) is 0.639. The number of rotatable bonds is 1. The van der Waals surface area contributed by atoms with E-state index in [4.69, 9.17) is 11.6 Å². The van der Waals surface area contributed by atoms with Gasteiger partial charge in [-0.1, -0.05) is 35.9 Å². The van der Waals surface area contributed by atoms with Crippen molar-refractivity contribution in [1.82, 2.24) is 9.38 Å². The van der Waals surface area contributed by atoms with Crippen molar-refractivity contribution in [2.75, 3.05) is 0 Å². The highest BCUT2D eigenvalue weighted by Gasteiger charge is 2.34. The maximum absolute atomic E-state index is 13.2. The third kappa shape index (κ3) is 2.27. The number of nitrogens with zero attached hydrogens (tertiary/aromatic N) is 2. The number of aromatic nitrogens is 2. The van der Waals surface area contributed by atoms with Gasteiger partial charge in [-0.2, -0.15) is 13.2 Å². The molecule has 0 saturated heterocycles. The maximum Gasteiger partial charge on any atom is 0.417 e. The first kappa shape index (κ1) is 13.9. The summed E-state index contributed by atoms with van der Waals surface area (Å²) in [4.78, 5) is 4.12. The number of hydrogen-bond acceptors (Lipinski definition) is 1. The molecular formula is C15H10ClF3N2. The van der Waals surface area contributed by atoms with Crippen LogP contribution in [-0.2, 0) is 6.18 Å². The maximum atomic E-state index is 13.2. The molecule has 0 fully saturated rings. The van der Waals surface area contributed by atoms with Crippen LogP contribution in [0.3, 0.4) is 0 Å². The van der Waals surface area contributed by atoms with E-state index >= 15 is 0 Å². The van der Waals surface area contributed by atoms with Gasteiger partial charge in [0, 0.05) is 11.3 Å². The van der Waals surface area contributed by atoms with Crippen LogP contribution in [0.4, 0.5) is 13.2 Å². The fraction of sp³-hybridized carbons (Fsp3) is 0.133. The molecule has 0 bridgehead atoms. The van der Waals surface area contributed by atoms with Crippen LogP contribution in [0.25, 0.3) is 16.9 Å². The van der Waals surface area contributed by atoms with Crippen LogP contribution in [0.15, 0.2) is 42.5 Å². The minimum atomic E-state index is -4.45. The van der Waals surface area contributed by atoms with Crippen LogP contribution in [0.5, 0.6) is 0 Å². The van der Waals surface area contributed by atoms with E-state index in [1.54, 1.807) is 35.6 Å². The number of aryl methyl sites for hydroxylation is 1. The molecule has 3 rings (SSSR count). The second kappa shape index (κ2) is 4.77. The number of hydrogen-bond donors (Lipinski definition) is 0. The standard InChI is InChI=1S/C15H10ClF3N2/c1-9-5-4-8-12-13(16)20-14(21(9)12)10-6-2-3-7-11(10)15(17,18)19/h2-8H,1H3. The number of benzene rings is 1. The molecule has 21 heavy (non-hydrogen) atoms. The Morgan fingerprint density at radius 2 is 1.76 bits per heavy atom. The molecule has 0 unspecified atom stereocenters. The van der Waals surface area contributed by atoms with Crippen molar-refractivity contribution in [3.05, 3.63) is 58.9 Å². The molecule has 0 amide bonds. The highest BCUT2D eigenvalue weighted by molar-refractivity contribution is 6.32. The molecule has 0 atom stereocenters. The number of halogens is 4. The quantitative estimate of drug-likeness (QED) is 0.619. The molecule has 3 aromatic rings. The third-order valence-corrected chi connectivity index (χ3v) is 3.56. The van der Waals surface area contributed by atoms with Gasteiger partial charge in [0.2, 0.25) is 0 Å². The van der Waals surface area contributed by atoms with Crippen molar-refractivity contribution in [3.8, 4) is 11.4 Å². The Morgan fingerprint density at radius 3 is 2.48 bits per heavy atom. The van der Waals surface area contributed by atoms with E-state index in [9.17, 15) is 13.2 Å². The Kier molecular flexibility index (Phi) is 3.17. The van der Waals surface area contributed by atoms with Gasteiger partial charge < -0.3 is 0 Å². The van der Waals surface area contributed by atoms with Crippen molar-refractivity contribution in [3.63, 3.8) is 0 Å². The Bertz CT molecular complexity index is 821. The summed E-state index contributed by atoms with van der Waals surface area (Å²) in [5.74, 6) is 0.195. The smallest absolute Gasteiger partial charge is 0.295 e. The Balaban J connectivity index is 2.38. The van der Waals surface area contributed by atoms with Gasteiger partial charge in [0.15, 0.2) is 5.15 Å². The van der Waals surface area contributed by atoms with E-state index in [0.717, 1.165) is 11.8 Å². The molecule has 0 saturated carbocycles. The lowest BCUT2D eigenvalue weighted by Gasteiger charge is -2.12. The summed E-state index contributed by atoms with van der Waals surface area (Å²) in [5, 5.41) is 0.186. The first-order chi connectivity index (χ1) is 9.89. The molecule has 6 heteroatoms. The van der Waals surface area contributed by atoms with Crippen molar-refractivity contribution < 1.29 is 13.2 Å². The molecule has 0 N–H and O–H groups in total. The number of pyridine rings is 1. The van der Waals surface area contributed by atoms with E-state index in [0.29, 0.717) is 5.52 Å². The second-order valence-corrected chi connectivity index (χ2v) is 5.02. The Labute approximate surface area is 123 Å². The highest BCUT2D eigenvalue weighted by Crippen LogP contribution is 2.37. The SMILES string of the molecule is Cc1cccc2c(Cl)nc(-c3ccccc3C(F)(F)F)n12. The largest absolute Gasteiger partial charge is 0.417 e. The molecule has 2 nitrogen and oxygen atoms in total. The van der Waals surface area contributed by atoms with Gasteiger partial charge in [-0.15, -0.1) is 0 Å². The molecule has 0 spiro atoms. The first-order valence-electron chi connectivity index (χ1n) is 6.20. The first-order valence-corrected chi connectivity index (χ1v) is 6.57. The number of alkyl halides is 3. The highest BCUT2D eigenvalue weighted by atomic mass is 35.5. The molecule has 108 valence electrons. The lowest BCUT2D eigenvalue weighted by molar-refractivity contribution is -0.137. The van der Waals surface area contributed by atoms with Crippen molar-refractivity contribution in [1.29, 1.82) is 0 Å². The van der Waals surface area contributed by atoms with E-state index in [1.807, 2.05) is 0 Å². The molecule has 0 radical (unpaired) electrons. The zero-order valence-corrected chi connectivity index (χ0v) is 11.7. The molecule has 2 heterocycles. The van der Waals surface area contributed by atoms with Crippen LogP contribution >= 0.6 is 11.6 Å². The van der Waals surface area contributed by atoms with Gasteiger partial charge in [-0.3, -0.25) is 4.40 Å². The third-order valence-electron chi connectivity index (χ3n) is 3.29. The van der Waals surface area contributed by atoms with E-state index in [-0.39, 0.29) is 16.5 Å². The fourth-order valence-electron chi connectivity index (χ4n) is 2.37. The van der Waals surface area contributed by atoms with Crippen molar-refractivity contribution in [2.24, 2.45) is 0 Å². The average Bonchev–Trinajstić information content (AvgIpc) is 2.77. The van der Waals surface area contributed by atoms with E-state index < -0.39 is 11.7 Å². The summed E-state index contributed by atoms with van der Waals surface area (Å²) >= 11 is 6.05. The van der Waals surface area contributed by atoms with Crippen LogP contribution in [0, 0.1) is 6.92 Å². The number of fused-ring (bicyclic) bond motifs is 1. The monoisotopic (exact) mass is 310 g/mol. The lowest BCUT2D eigenvalue weighted by atomic mass is 10.1. The summed E-state index contributed by atoms with van der Waals surface area (Å²) in [7, 11) is 0. The zero-order chi connectivity index (χ0) is 15.2. The molecule has 0 aliphatic rings. The van der Waals surface area contributed by atoms with Gasteiger partial charge in [-0.05, 0) is 25.1 Å². The van der Waals surface area contributed by atoms with Crippen molar-refractivity contribution in [2.45, 2.75) is 13.1 Å². The average molecular weight is 311 g/mol. The molecule has 0 aliphatic heterocycles. The summed E-state index contributed by atoms with van der Waals surface area (Å²) in [6.45, 7) is 1.80. The molecular weight excluding hydrogens is 301 g/mol. The predicted octanol–water partition coefficient (Wildman–Crippen LogP) is 4.98. The zero-order valence-electron chi connectivity index (χ0n) is 10.9. The van der Waals surface area contributed by atoms with E-state index in [1.165, 1.54) is 12.1 Å². The van der Waals surface area contributed by atoms with Crippen LogP contribution in [0.1, 0.15) is 11.3 Å². The molecule has 0 aliphatic carbocycles. The minimum Gasteiger partial charge on any atom is -0.295 e. The summed E-state index contributed by atoms with van der Waals surface area (Å²) in [6, 6.07) is 10.7. The minimum absolute atomic E-state index is 0.0150. The van der Waals surface area contributed by atoms with Gasteiger partial charge in [0.1, 0.15) is 5.82 Å². The normalized spacial score (nSPS) is 12.0. The van der Waals surface area contributed by atoms with Gasteiger partial charge in [-0.25, -0.2) is 4.98 Å². The lowest BCUT2D eigenvalue weighted by Crippen LogP contribution is -2.08. The fourth-order valence-corrected chi connectivity index (χ4v) is 2.59. The summed E-state index contributed by atoms with van der Waals surface area (Å²) < 4.78 is 41.1. The Hall–Kier alpha value is -2.01. The number of imidazole rings is 1. The van der Waals surface area contributed by atoms with Crippen molar-refractivity contribution >= 4 is 17.1 Å². The van der Waals surface area contributed by atoms with Crippen LogP contribution < -0.4 is 0 Å². The van der Waals surface area contributed by atoms with Gasteiger partial charge in [0.25, 0.3) is 0 Å².